The van der Waals surface area contributed by atoms with Crippen LogP contribution in [0.1, 0.15) is 43.1 Å². The van der Waals surface area contributed by atoms with Crippen molar-refractivity contribution in [2.45, 2.75) is 51.4 Å². The lowest BCUT2D eigenvalue weighted by atomic mass is 10.1. The van der Waals surface area contributed by atoms with E-state index >= 15 is 0 Å². The highest BCUT2D eigenvalue weighted by atomic mass is 19.4. The highest BCUT2D eigenvalue weighted by molar-refractivity contribution is 5.92. The molecule has 8 heteroatoms. The number of amides is 1. The number of carbonyl (C=O) groups excluding carboxylic acids is 1. The van der Waals surface area contributed by atoms with Gasteiger partial charge in [-0.05, 0) is 19.8 Å². The van der Waals surface area contributed by atoms with E-state index in [4.69, 9.17) is 0 Å². The lowest BCUT2D eigenvalue weighted by molar-refractivity contribution is -0.177. The zero-order valence-electron chi connectivity index (χ0n) is 11.2. The van der Waals surface area contributed by atoms with Gasteiger partial charge in [0.25, 0.3) is 5.91 Å². The number of halogens is 3. The van der Waals surface area contributed by atoms with Gasteiger partial charge in [-0.1, -0.05) is 18.1 Å². The number of rotatable bonds is 2. The molecule has 1 amide bonds. The van der Waals surface area contributed by atoms with Crippen LogP contribution in [0.5, 0.6) is 0 Å². The summed E-state index contributed by atoms with van der Waals surface area (Å²) >= 11 is 0. The molecular weight excluding hydrogens is 273 g/mol. The number of carbonyl (C=O) groups is 1. The molecule has 0 saturated carbocycles. The number of hydrogen-bond donors (Lipinski definition) is 0. The van der Waals surface area contributed by atoms with E-state index in [1.54, 1.807) is 6.92 Å². The molecule has 1 aliphatic heterocycles. The van der Waals surface area contributed by atoms with Crippen molar-refractivity contribution in [1.82, 2.24) is 19.9 Å². The quantitative estimate of drug-likeness (QED) is 0.839. The third kappa shape index (κ3) is 2.94. The first-order chi connectivity index (χ1) is 9.45. The van der Waals surface area contributed by atoms with Crippen LogP contribution >= 0.6 is 0 Å². The van der Waals surface area contributed by atoms with Crippen LogP contribution in [0.15, 0.2) is 6.20 Å². The molecule has 0 radical (unpaired) electrons. The van der Waals surface area contributed by atoms with Crippen LogP contribution in [-0.4, -0.2) is 44.6 Å². The molecule has 112 valence electrons. The molecule has 0 spiro atoms. The molecule has 0 bridgehead atoms. The van der Waals surface area contributed by atoms with Gasteiger partial charge in [0.05, 0.1) is 6.20 Å². The maximum absolute atomic E-state index is 13.1. The maximum atomic E-state index is 13.1. The summed E-state index contributed by atoms with van der Waals surface area (Å²) in [4.78, 5) is 13.3. The second-order valence-corrected chi connectivity index (χ2v) is 4.84. The minimum absolute atomic E-state index is 0.0388. The Balaban J connectivity index is 2.29. The van der Waals surface area contributed by atoms with E-state index in [-0.39, 0.29) is 18.7 Å². The van der Waals surface area contributed by atoms with E-state index in [2.05, 4.69) is 10.3 Å². The van der Waals surface area contributed by atoms with Crippen molar-refractivity contribution in [3.63, 3.8) is 0 Å². The minimum atomic E-state index is -4.40. The minimum Gasteiger partial charge on any atom is -0.325 e. The average Bonchev–Trinajstić information content (AvgIpc) is 2.71. The third-order valence-corrected chi connectivity index (χ3v) is 3.53. The largest absolute Gasteiger partial charge is 0.408 e. The Labute approximate surface area is 114 Å². The van der Waals surface area contributed by atoms with Crippen molar-refractivity contribution in [3.8, 4) is 0 Å². The molecular formula is C12H17F3N4O. The number of alkyl halides is 3. The van der Waals surface area contributed by atoms with E-state index in [9.17, 15) is 18.0 Å². The molecule has 2 rings (SSSR count). The Hall–Kier alpha value is -1.60. The van der Waals surface area contributed by atoms with Gasteiger partial charge in [0, 0.05) is 13.1 Å². The van der Waals surface area contributed by atoms with Gasteiger partial charge < -0.3 is 4.90 Å². The Morgan fingerprint density at radius 1 is 1.40 bits per heavy atom. The first kappa shape index (κ1) is 14.8. The predicted octanol–water partition coefficient (Wildman–Crippen LogP) is 2.25. The van der Waals surface area contributed by atoms with Gasteiger partial charge in [0.1, 0.15) is 11.7 Å². The molecule has 1 saturated heterocycles. The molecule has 5 nitrogen and oxygen atoms in total. The zero-order valence-corrected chi connectivity index (χ0v) is 11.2. The summed E-state index contributed by atoms with van der Waals surface area (Å²) in [5, 5.41) is 7.30. The van der Waals surface area contributed by atoms with Crippen molar-refractivity contribution in [1.29, 1.82) is 0 Å². The van der Waals surface area contributed by atoms with Gasteiger partial charge in [-0.15, -0.1) is 5.10 Å². The van der Waals surface area contributed by atoms with Gasteiger partial charge in [-0.25, -0.2) is 4.68 Å². The fraction of sp³-hybridized carbons (Fsp3) is 0.750. The third-order valence-electron chi connectivity index (χ3n) is 3.53. The maximum Gasteiger partial charge on any atom is 0.408 e. The molecule has 0 aliphatic carbocycles. The number of aromatic nitrogens is 3. The van der Waals surface area contributed by atoms with Gasteiger partial charge >= 0.3 is 6.18 Å². The summed E-state index contributed by atoms with van der Waals surface area (Å²) < 4.78 is 40.7. The van der Waals surface area contributed by atoms with Gasteiger partial charge in [-0.3, -0.25) is 4.79 Å². The summed E-state index contributed by atoms with van der Waals surface area (Å²) in [6.07, 6.45) is -1.43. The van der Waals surface area contributed by atoms with E-state index < -0.39 is 18.1 Å². The molecule has 0 aromatic carbocycles. The van der Waals surface area contributed by atoms with Gasteiger partial charge in [-0.2, -0.15) is 13.2 Å². The smallest absolute Gasteiger partial charge is 0.325 e. The Morgan fingerprint density at radius 3 is 2.80 bits per heavy atom. The Morgan fingerprint density at radius 2 is 2.15 bits per heavy atom. The number of nitrogens with zero attached hydrogens (tertiary/aromatic N) is 4. The van der Waals surface area contributed by atoms with Crippen molar-refractivity contribution in [2.24, 2.45) is 0 Å². The average molecular weight is 290 g/mol. The Bertz CT molecular complexity index is 472. The van der Waals surface area contributed by atoms with Crippen LogP contribution in [0.25, 0.3) is 0 Å². The van der Waals surface area contributed by atoms with E-state index in [0.29, 0.717) is 25.8 Å². The van der Waals surface area contributed by atoms with E-state index in [1.807, 2.05) is 0 Å². The molecule has 1 aromatic rings. The molecule has 1 fully saturated rings. The molecule has 0 N–H and O–H groups in total. The highest BCUT2D eigenvalue weighted by Crippen LogP contribution is 2.32. The number of likely N-dealkylation sites (tertiary alicyclic amines) is 1. The Kier molecular flexibility index (Phi) is 4.29. The second-order valence-electron chi connectivity index (χ2n) is 4.84. The van der Waals surface area contributed by atoms with Crippen LogP contribution < -0.4 is 0 Å². The SMILES string of the molecule is CCn1nncc1C(=O)N1CCCCCC1C(F)(F)F. The van der Waals surface area contributed by atoms with Crippen molar-refractivity contribution >= 4 is 5.91 Å². The molecule has 1 aliphatic rings. The normalized spacial score (nSPS) is 20.8. The van der Waals surface area contributed by atoms with Crippen LogP contribution in [0.4, 0.5) is 13.2 Å². The molecule has 1 aromatic heterocycles. The summed E-state index contributed by atoms with van der Waals surface area (Å²) in [5.74, 6) is -0.638. The lowest BCUT2D eigenvalue weighted by Gasteiger charge is -2.31. The molecule has 1 atom stereocenters. The van der Waals surface area contributed by atoms with E-state index in [1.165, 1.54) is 10.9 Å². The van der Waals surface area contributed by atoms with E-state index in [0.717, 1.165) is 4.90 Å². The summed E-state index contributed by atoms with van der Waals surface area (Å²) in [6, 6.07) is -1.71. The molecule has 20 heavy (non-hydrogen) atoms. The fourth-order valence-electron chi connectivity index (χ4n) is 2.50. The topological polar surface area (TPSA) is 51.0 Å². The fourth-order valence-corrected chi connectivity index (χ4v) is 2.50. The van der Waals surface area contributed by atoms with Gasteiger partial charge in [0.2, 0.25) is 0 Å². The van der Waals surface area contributed by atoms with Crippen LogP contribution in [-0.2, 0) is 6.54 Å². The summed E-state index contributed by atoms with van der Waals surface area (Å²) in [6.45, 7) is 2.28. The van der Waals surface area contributed by atoms with Crippen molar-refractivity contribution < 1.29 is 18.0 Å². The predicted molar refractivity (Wildman–Crippen MR) is 65.0 cm³/mol. The lowest BCUT2D eigenvalue weighted by Crippen LogP contribution is -2.48. The molecule has 1 unspecified atom stereocenters. The van der Waals surface area contributed by atoms with Crippen LogP contribution in [0.3, 0.4) is 0 Å². The number of hydrogen-bond acceptors (Lipinski definition) is 3. The van der Waals surface area contributed by atoms with Crippen LogP contribution in [0, 0.1) is 0 Å². The summed E-state index contributed by atoms with van der Waals surface area (Å²) in [5.41, 5.74) is 0.114. The zero-order chi connectivity index (χ0) is 14.8. The van der Waals surface area contributed by atoms with Crippen molar-refractivity contribution in [3.05, 3.63) is 11.9 Å². The highest BCUT2D eigenvalue weighted by Gasteiger charge is 2.46. The second kappa shape index (κ2) is 5.80. The first-order valence-electron chi connectivity index (χ1n) is 6.71. The van der Waals surface area contributed by atoms with Crippen molar-refractivity contribution in [2.75, 3.05) is 6.54 Å². The van der Waals surface area contributed by atoms with Crippen LogP contribution in [0.2, 0.25) is 0 Å². The summed E-state index contributed by atoms with van der Waals surface area (Å²) in [7, 11) is 0. The standard InChI is InChI=1S/C12H17F3N4O/c1-2-19-9(8-16-17-19)11(20)18-7-5-3-4-6-10(18)12(13,14)15/h8,10H,2-7H2,1H3. The van der Waals surface area contributed by atoms with Gasteiger partial charge in [0.15, 0.2) is 0 Å². The monoisotopic (exact) mass is 290 g/mol. The molecule has 2 heterocycles. The first-order valence-corrected chi connectivity index (χ1v) is 6.71. The number of aryl methyl sites for hydroxylation is 1.